The fourth-order valence-corrected chi connectivity index (χ4v) is 8.09. The van der Waals surface area contributed by atoms with Crippen LogP contribution in [0.15, 0.2) is 120 Å². The minimum absolute atomic E-state index is 0.0777. The standard InChI is InChI=1S/C46H58N3O/c1-10-31-48-40-21-14-12-19-38(40)45(5,6)42(48)29-23-34-17-16-18-35(44(34)50-37-27-25-36(26-28-37)47(9)33(3)4)24-30-43-46(7,8)39-20-13-15-22-41(39)49(43)32-11-2/h12-15,19-30,33H,10-11,16-18,31-32H2,1-9H3/q+1. The lowest BCUT2D eigenvalue weighted by Crippen LogP contribution is -2.28. The molecular weight excluding hydrogens is 611 g/mol. The van der Waals surface area contributed by atoms with Crippen molar-refractivity contribution >= 4 is 22.8 Å². The van der Waals surface area contributed by atoms with Crippen LogP contribution in [-0.4, -0.2) is 36.5 Å². The van der Waals surface area contributed by atoms with E-state index >= 15 is 0 Å². The molecule has 0 aromatic heterocycles. The minimum Gasteiger partial charge on any atom is -0.457 e. The number of allylic oxidation sites excluding steroid dienone is 7. The third-order valence-corrected chi connectivity index (χ3v) is 11.1. The molecule has 4 nitrogen and oxygen atoms in total. The van der Waals surface area contributed by atoms with E-state index in [1.165, 1.54) is 50.7 Å². The van der Waals surface area contributed by atoms with Crippen LogP contribution in [0.25, 0.3) is 0 Å². The lowest BCUT2D eigenvalue weighted by molar-refractivity contribution is -0.437. The number of ether oxygens (including phenoxy) is 1. The van der Waals surface area contributed by atoms with Gasteiger partial charge in [0.1, 0.15) is 18.1 Å². The van der Waals surface area contributed by atoms with Crippen molar-refractivity contribution in [2.45, 2.75) is 104 Å². The molecule has 3 aromatic rings. The number of para-hydroxylation sites is 2. The Morgan fingerprint density at radius 3 is 2.22 bits per heavy atom. The van der Waals surface area contributed by atoms with Crippen LogP contribution in [0.3, 0.4) is 0 Å². The summed E-state index contributed by atoms with van der Waals surface area (Å²) < 4.78 is 9.49. The maximum absolute atomic E-state index is 6.96. The van der Waals surface area contributed by atoms with Crippen LogP contribution in [0.1, 0.15) is 98.6 Å². The first kappa shape index (κ1) is 35.5. The predicted molar refractivity (Wildman–Crippen MR) is 213 cm³/mol. The van der Waals surface area contributed by atoms with Crippen LogP contribution in [0, 0.1) is 0 Å². The normalized spacial score (nSPS) is 19.7. The van der Waals surface area contributed by atoms with Crippen molar-refractivity contribution in [1.82, 2.24) is 0 Å². The third kappa shape index (κ3) is 6.62. The zero-order chi connectivity index (χ0) is 35.6. The smallest absolute Gasteiger partial charge is 0.209 e. The molecule has 0 unspecified atom stereocenters. The van der Waals surface area contributed by atoms with E-state index in [9.17, 15) is 0 Å². The second kappa shape index (κ2) is 14.5. The Balaban J connectivity index is 1.44. The summed E-state index contributed by atoms with van der Waals surface area (Å²) >= 11 is 0. The molecule has 262 valence electrons. The first-order valence-electron chi connectivity index (χ1n) is 18.9. The van der Waals surface area contributed by atoms with Gasteiger partial charge in [0.15, 0.2) is 5.71 Å². The Morgan fingerprint density at radius 1 is 0.820 bits per heavy atom. The SMILES string of the molecule is CCCN1C(=CC=C2CCCC(C=CC3=[N+](CCC)c4ccccc4C3(C)C)=C2Oc2ccc(N(C)C(C)C)cc2)C(C)(C)c2ccccc21. The number of rotatable bonds is 11. The third-order valence-electron chi connectivity index (χ3n) is 11.1. The second-order valence-corrected chi connectivity index (χ2v) is 15.6. The summed E-state index contributed by atoms with van der Waals surface area (Å²) in [7, 11) is 2.15. The molecule has 0 N–H and O–H groups in total. The molecule has 4 heteroatoms. The summed E-state index contributed by atoms with van der Waals surface area (Å²) in [6, 6.07) is 26.9. The Morgan fingerprint density at radius 2 is 1.52 bits per heavy atom. The molecule has 6 rings (SSSR count). The van der Waals surface area contributed by atoms with Gasteiger partial charge >= 0.3 is 0 Å². The maximum Gasteiger partial charge on any atom is 0.209 e. The minimum atomic E-state index is -0.0777. The highest BCUT2D eigenvalue weighted by Crippen LogP contribution is 2.48. The van der Waals surface area contributed by atoms with Crippen LogP contribution in [-0.2, 0) is 10.8 Å². The van der Waals surface area contributed by atoms with Gasteiger partial charge in [-0.1, -0.05) is 70.2 Å². The van der Waals surface area contributed by atoms with Gasteiger partial charge < -0.3 is 14.5 Å². The van der Waals surface area contributed by atoms with Gasteiger partial charge in [0.25, 0.3) is 0 Å². The summed E-state index contributed by atoms with van der Waals surface area (Å²) in [5, 5.41) is 0. The molecule has 2 aliphatic heterocycles. The Kier molecular flexibility index (Phi) is 10.3. The van der Waals surface area contributed by atoms with Gasteiger partial charge in [0.05, 0.1) is 5.41 Å². The highest BCUT2D eigenvalue weighted by atomic mass is 16.5. The van der Waals surface area contributed by atoms with E-state index in [0.29, 0.717) is 6.04 Å². The number of anilines is 2. The van der Waals surface area contributed by atoms with Crippen molar-refractivity contribution in [3.8, 4) is 5.75 Å². The summed E-state index contributed by atoms with van der Waals surface area (Å²) in [6.45, 7) is 20.5. The van der Waals surface area contributed by atoms with Crippen LogP contribution < -0.4 is 14.5 Å². The fourth-order valence-electron chi connectivity index (χ4n) is 8.09. The number of hydrogen-bond acceptors (Lipinski definition) is 3. The summed E-state index contributed by atoms with van der Waals surface area (Å²) in [5.74, 6) is 1.88. The lowest BCUT2D eigenvalue weighted by Gasteiger charge is -2.27. The van der Waals surface area contributed by atoms with Gasteiger partial charge in [0.2, 0.25) is 5.69 Å². The van der Waals surface area contributed by atoms with Crippen molar-refractivity contribution in [2.75, 3.05) is 29.9 Å². The molecule has 0 spiro atoms. The highest BCUT2D eigenvalue weighted by Gasteiger charge is 2.44. The first-order chi connectivity index (χ1) is 24.0. The average molecular weight is 669 g/mol. The average Bonchev–Trinajstić information content (AvgIpc) is 3.45. The van der Waals surface area contributed by atoms with Crippen LogP contribution in [0.2, 0.25) is 0 Å². The molecular formula is C46H58N3O+. The largest absolute Gasteiger partial charge is 0.457 e. The topological polar surface area (TPSA) is 18.7 Å². The van der Waals surface area contributed by atoms with Gasteiger partial charge in [-0.25, -0.2) is 0 Å². The van der Waals surface area contributed by atoms with E-state index in [2.05, 4.69) is 174 Å². The lowest BCUT2D eigenvalue weighted by atomic mass is 9.81. The van der Waals surface area contributed by atoms with Gasteiger partial charge in [-0.15, -0.1) is 0 Å². The molecule has 0 saturated carbocycles. The van der Waals surface area contributed by atoms with E-state index in [-0.39, 0.29) is 10.8 Å². The Bertz CT molecular complexity index is 1860. The molecule has 2 heterocycles. The number of fused-ring (bicyclic) bond motifs is 2. The first-order valence-corrected chi connectivity index (χ1v) is 18.9. The molecule has 50 heavy (non-hydrogen) atoms. The summed E-state index contributed by atoms with van der Waals surface area (Å²) in [4.78, 5) is 4.82. The number of nitrogens with zero attached hydrogens (tertiary/aromatic N) is 3. The van der Waals surface area contributed by atoms with Crippen LogP contribution in [0.5, 0.6) is 5.75 Å². The van der Waals surface area contributed by atoms with E-state index in [1.807, 2.05) is 0 Å². The molecule has 3 aliphatic rings. The quantitative estimate of drug-likeness (QED) is 0.190. The second-order valence-electron chi connectivity index (χ2n) is 15.6. The maximum atomic E-state index is 6.96. The molecule has 0 amide bonds. The summed E-state index contributed by atoms with van der Waals surface area (Å²) in [6.07, 6.45) is 14.8. The molecule has 0 saturated heterocycles. The van der Waals surface area contributed by atoms with Crippen LogP contribution >= 0.6 is 0 Å². The van der Waals surface area contributed by atoms with E-state index in [4.69, 9.17) is 4.74 Å². The van der Waals surface area contributed by atoms with Crippen molar-refractivity contribution in [1.29, 1.82) is 0 Å². The van der Waals surface area contributed by atoms with E-state index in [1.54, 1.807) is 0 Å². The highest BCUT2D eigenvalue weighted by molar-refractivity contribution is 6.03. The molecule has 0 bridgehead atoms. The number of hydrogen-bond donors (Lipinski definition) is 0. The molecule has 0 atom stereocenters. The van der Waals surface area contributed by atoms with E-state index < -0.39 is 0 Å². The van der Waals surface area contributed by atoms with Crippen LogP contribution in [0.4, 0.5) is 17.1 Å². The monoisotopic (exact) mass is 668 g/mol. The fraction of sp³-hybridized carbons (Fsp3) is 0.413. The molecule has 1 aliphatic carbocycles. The Hall–Kier alpha value is -4.31. The van der Waals surface area contributed by atoms with Gasteiger partial charge in [-0.05, 0) is 113 Å². The molecule has 0 fully saturated rings. The van der Waals surface area contributed by atoms with E-state index in [0.717, 1.165) is 56.7 Å². The van der Waals surface area contributed by atoms with Gasteiger partial charge in [0, 0.05) is 66.2 Å². The molecule has 0 radical (unpaired) electrons. The van der Waals surface area contributed by atoms with Crippen molar-refractivity contribution in [3.05, 3.63) is 131 Å². The Labute approximate surface area is 302 Å². The van der Waals surface area contributed by atoms with Gasteiger partial charge in [-0.3, -0.25) is 0 Å². The van der Waals surface area contributed by atoms with Crippen molar-refractivity contribution in [3.63, 3.8) is 0 Å². The van der Waals surface area contributed by atoms with Crippen molar-refractivity contribution < 1.29 is 9.31 Å². The molecule has 3 aromatic carbocycles. The van der Waals surface area contributed by atoms with Gasteiger partial charge in [-0.2, -0.15) is 4.58 Å². The van der Waals surface area contributed by atoms with Crippen molar-refractivity contribution in [2.24, 2.45) is 0 Å². The zero-order valence-electron chi connectivity index (χ0n) is 32.0. The summed E-state index contributed by atoms with van der Waals surface area (Å²) in [5.41, 5.74) is 11.7. The number of benzene rings is 3. The predicted octanol–water partition coefficient (Wildman–Crippen LogP) is 11.4. The zero-order valence-corrected chi connectivity index (χ0v) is 32.0.